The second-order valence-electron chi connectivity index (χ2n) is 7.24. The molecular formula is C23H24N2O4. The van der Waals surface area contributed by atoms with Crippen LogP contribution in [0.15, 0.2) is 69.9 Å². The molecule has 1 saturated heterocycles. The second-order valence-corrected chi connectivity index (χ2v) is 7.24. The smallest absolute Gasteiger partial charge is 0.336 e. The van der Waals surface area contributed by atoms with Crippen molar-refractivity contribution >= 4 is 16.9 Å². The van der Waals surface area contributed by atoms with E-state index >= 15 is 0 Å². The van der Waals surface area contributed by atoms with Crippen LogP contribution < -0.4 is 10.4 Å². The molecule has 1 amide bonds. The fraction of sp³-hybridized carbons (Fsp3) is 0.304. The Morgan fingerprint density at radius 3 is 2.66 bits per heavy atom. The zero-order chi connectivity index (χ0) is 20.1. The summed E-state index contributed by atoms with van der Waals surface area (Å²) in [5.74, 6) is 0.488. The van der Waals surface area contributed by atoms with Crippen molar-refractivity contribution in [3.05, 3.63) is 76.6 Å². The number of carbonyl (C=O) groups is 1. The highest BCUT2D eigenvalue weighted by molar-refractivity contribution is 5.79. The molecule has 0 saturated carbocycles. The van der Waals surface area contributed by atoms with E-state index in [1.54, 1.807) is 18.2 Å². The fourth-order valence-corrected chi connectivity index (χ4v) is 3.59. The molecule has 0 atom stereocenters. The first-order valence-electron chi connectivity index (χ1n) is 9.88. The fourth-order valence-electron chi connectivity index (χ4n) is 3.59. The predicted octanol–water partition coefficient (Wildman–Crippen LogP) is 2.91. The molecule has 0 unspecified atom stereocenters. The van der Waals surface area contributed by atoms with Gasteiger partial charge < -0.3 is 14.1 Å². The molecule has 29 heavy (non-hydrogen) atoms. The molecule has 0 spiro atoms. The van der Waals surface area contributed by atoms with Crippen LogP contribution in [-0.2, 0) is 11.3 Å². The van der Waals surface area contributed by atoms with Gasteiger partial charge in [-0.25, -0.2) is 4.79 Å². The predicted molar refractivity (Wildman–Crippen MR) is 111 cm³/mol. The van der Waals surface area contributed by atoms with Crippen molar-refractivity contribution in [3.63, 3.8) is 0 Å². The molecule has 1 aromatic heterocycles. The number of nitrogens with zero attached hydrogens (tertiary/aromatic N) is 2. The SMILES string of the molecule is O=C(COc1ccc2ccc(=O)oc2c1)N1CCCN(Cc2ccccc2)CC1. The quantitative estimate of drug-likeness (QED) is 0.625. The average Bonchev–Trinajstić information content (AvgIpc) is 2.98. The molecule has 6 heteroatoms. The standard InChI is InChI=1S/C23H24N2O4/c26-22(17-28-20-9-7-19-8-10-23(27)29-21(19)15-20)25-12-4-11-24(13-14-25)16-18-5-2-1-3-6-18/h1-3,5-10,15H,4,11-14,16-17H2. The zero-order valence-corrected chi connectivity index (χ0v) is 16.3. The van der Waals surface area contributed by atoms with Gasteiger partial charge in [0.2, 0.25) is 0 Å². The first-order chi connectivity index (χ1) is 14.2. The third kappa shape index (κ3) is 5.03. The summed E-state index contributed by atoms with van der Waals surface area (Å²) < 4.78 is 10.8. The highest BCUT2D eigenvalue weighted by atomic mass is 16.5. The summed E-state index contributed by atoms with van der Waals surface area (Å²) in [4.78, 5) is 28.2. The molecular weight excluding hydrogens is 368 g/mol. The number of ether oxygens (including phenoxy) is 1. The Kier molecular flexibility index (Phi) is 5.91. The van der Waals surface area contributed by atoms with Crippen molar-refractivity contribution in [1.29, 1.82) is 0 Å². The third-order valence-corrected chi connectivity index (χ3v) is 5.15. The van der Waals surface area contributed by atoms with Crippen molar-refractivity contribution in [3.8, 4) is 5.75 Å². The maximum atomic E-state index is 12.6. The van der Waals surface area contributed by atoms with Crippen LogP contribution in [0.3, 0.4) is 0 Å². The van der Waals surface area contributed by atoms with Crippen LogP contribution >= 0.6 is 0 Å². The van der Waals surface area contributed by atoms with Crippen molar-refractivity contribution in [2.24, 2.45) is 0 Å². The summed E-state index contributed by atoms with van der Waals surface area (Å²) in [5.41, 5.74) is 1.34. The van der Waals surface area contributed by atoms with Gasteiger partial charge in [-0.15, -0.1) is 0 Å². The first kappa shape index (κ1) is 19.2. The van der Waals surface area contributed by atoms with E-state index in [0.29, 0.717) is 17.9 Å². The highest BCUT2D eigenvalue weighted by Gasteiger charge is 2.19. The minimum absolute atomic E-state index is 0.0265. The topological polar surface area (TPSA) is 63.0 Å². The van der Waals surface area contributed by atoms with E-state index in [0.717, 1.165) is 38.0 Å². The van der Waals surface area contributed by atoms with Gasteiger partial charge in [0, 0.05) is 50.2 Å². The molecule has 2 heterocycles. The second kappa shape index (κ2) is 8.92. The molecule has 0 bridgehead atoms. The molecule has 1 aliphatic heterocycles. The minimum atomic E-state index is -0.407. The van der Waals surface area contributed by atoms with Crippen LogP contribution in [0.5, 0.6) is 5.75 Å². The van der Waals surface area contributed by atoms with E-state index in [9.17, 15) is 9.59 Å². The molecule has 1 aliphatic rings. The number of benzene rings is 2. The molecule has 2 aromatic carbocycles. The molecule has 1 fully saturated rings. The largest absolute Gasteiger partial charge is 0.484 e. The number of amides is 1. The Labute approximate surface area is 169 Å². The van der Waals surface area contributed by atoms with Gasteiger partial charge in [-0.2, -0.15) is 0 Å². The molecule has 6 nitrogen and oxygen atoms in total. The zero-order valence-electron chi connectivity index (χ0n) is 16.3. The average molecular weight is 392 g/mol. The maximum absolute atomic E-state index is 12.6. The van der Waals surface area contributed by atoms with E-state index < -0.39 is 5.63 Å². The van der Waals surface area contributed by atoms with E-state index in [-0.39, 0.29) is 12.5 Å². The minimum Gasteiger partial charge on any atom is -0.484 e. The lowest BCUT2D eigenvalue weighted by Gasteiger charge is -2.22. The Morgan fingerprint density at radius 1 is 0.966 bits per heavy atom. The third-order valence-electron chi connectivity index (χ3n) is 5.15. The van der Waals surface area contributed by atoms with Crippen molar-refractivity contribution < 1.29 is 13.9 Å². The molecule has 150 valence electrons. The lowest BCUT2D eigenvalue weighted by atomic mass is 10.2. The number of hydrogen-bond donors (Lipinski definition) is 0. The number of carbonyl (C=O) groups excluding carboxylic acids is 1. The lowest BCUT2D eigenvalue weighted by Crippen LogP contribution is -2.38. The maximum Gasteiger partial charge on any atom is 0.336 e. The molecule has 0 radical (unpaired) electrons. The summed E-state index contributed by atoms with van der Waals surface area (Å²) >= 11 is 0. The normalized spacial score (nSPS) is 15.2. The summed E-state index contributed by atoms with van der Waals surface area (Å²) in [7, 11) is 0. The van der Waals surface area contributed by atoms with Gasteiger partial charge in [0.05, 0.1) is 0 Å². The van der Waals surface area contributed by atoms with Crippen LogP contribution in [0.25, 0.3) is 11.0 Å². The summed E-state index contributed by atoms with van der Waals surface area (Å²) in [5, 5.41) is 0.814. The summed E-state index contributed by atoms with van der Waals surface area (Å²) in [6.45, 7) is 4.13. The van der Waals surface area contributed by atoms with Gasteiger partial charge in [0.1, 0.15) is 11.3 Å². The van der Waals surface area contributed by atoms with Gasteiger partial charge in [0.25, 0.3) is 5.91 Å². The Hall–Kier alpha value is -3.12. The van der Waals surface area contributed by atoms with E-state index in [1.807, 2.05) is 17.0 Å². The molecule has 0 aliphatic carbocycles. The van der Waals surface area contributed by atoms with Gasteiger partial charge in [-0.3, -0.25) is 9.69 Å². The van der Waals surface area contributed by atoms with Crippen molar-refractivity contribution in [1.82, 2.24) is 9.80 Å². The van der Waals surface area contributed by atoms with Gasteiger partial charge in [-0.05, 0) is 30.2 Å². The summed E-state index contributed by atoms with van der Waals surface area (Å²) in [6.07, 6.45) is 0.944. The Morgan fingerprint density at radius 2 is 1.79 bits per heavy atom. The van der Waals surface area contributed by atoms with Crippen LogP contribution in [-0.4, -0.2) is 48.5 Å². The van der Waals surface area contributed by atoms with E-state index in [1.165, 1.54) is 11.6 Å². The number of fused-ring (bicyclic) bond motifs is 1. The Bertz CT molecular complexity index is 1030. The van der Waals surface area contributed by atoms with Crippen molar-refractivity contribution in [2.45, 2.75) is 13.0 Å². The van der Waals surface area contributed by atoms with Crippen LogP contribution in [0.2, 0.25) is 0 Å². The number of hydrogen-bond acceptors (Lipinski definition) is 5. The van der Waals surface area contributed by atoms with Gasteiger partial charge >= 0.3 is 5.63 Å². The first-order valence-corrected chi connectivity index (χ1v) is 9.88. The van der Waals surface area contributed by atoms with Gasteiger partial charge in [0.15, 0.2) is 6.61 Å². The summed E-state index contributed by atoms with van der Waals surface area (Å²) in [6, 6.07) is 18.7. The molecule has 3 aromatic rings. The Balaban J connectivity index is 1.31. The van der Waals surface area contributed by atoms with Crippen LogP contribution in [0.4, 0.5) is 0 Å². The van der Waals surface area contributed by atoms with E-state index in [4.69, 9.17) is 9.15 Å². The van der Waals surface area contributed by atoms with E-state index in [2.05, 4.69) is 29.2 Å². The molecule has 0 N–H and O–H groups in total. The highest BCUT2D eigenvalue weighted by Crippen LogP contribution is 2.19. The lowest BCUT2D eigenvalue weighted by molar-refractivity contribution is -0.133. The van der Waals surface area contributed by atoms with Crippen LogP contribution in [0, 0.1) is 0 Å². The van der Waals surface area contributed by atoms with Crippen LogP contribution in [0.1, 0.15) is 12.0 Å². The van der Waals surface area contributed by atoms with Crippen molar-refractivity contribution in [2.75, 3.05) is 32.8 Å². The molecule has 4 rings (SSSR count). The monoisotopic (exact) mass is 392 g/mol. The van der Waals surface area contributed by atoms with Gasteiger partial charge in [-0.1, -0.05) is 30.3 Å². The number of rotatable bonds is 5.